The summed E-state index contributed by atoms with van der Waals surface area (Å²) in [6, 6.07) is 0.735. The summed E-state index contributed by atoms with van der Waals surface area (Å²) < 4.78 is 86.7. The van der Waals surface area contributed by atoms with Crippen molar-refractivity contribution in [2.24, 2.45) is 0 Å². The molecule has 0 aliphatic carbocycles. The molecule has 2 N–H and O–H groups in total. The molecule has 13 heteroatoms. The lowest BCUT2D eigenvalue weighted by Gasteiger charge is -2.18. The molecule has 0 saturated carbocycles. The lowest BCUT2D eigenvalue weighted by Crippen LogP contribution is -2.41. The van der Waals surface area contributed by atoms with Crippen LogP contribution in [0, 0.1) is 16.6 Å². The van der Waals surface area contributed by atoms with Crippen molar-refractivity contribution < 1.29 is 35.8 Å². The molecule has 0 fully saturated rings. The van der Waals surface area contributed by atoms with Crippen LogP contribution in [0.15, 0.2) is 24.7 Å². The summed E-state index contributed by atoms with van der Waals surface area (Å²) in [6.07, 6.45) is -6.08. The molecule has 0 spiro atoms. The predicted molar refractivity (Wildman–Crippen MR) is 82.5 cm³/mol. The zero-order valence-electron chi connectivity index (χ0n) is 14.1. The van der Waals surface area contributed by atoms with E-state index in [1.54, 1.807) is 0 Å². The Bertz CT molecular complexity index is 928. The van der Waals surface area contributed by atoms with Crippen molar-refractivity contribution in [2.75, 3.05) is 13.2 Å². The van der Waals surface area contributed by atoms with Crippen LogP contribution >= 0.6 is 0 Å². The van der Waals surface area contributed by atoms with Gasteiger partial charge >= 0.3 is 12.3 Å². The van der Waals surface area contributed by atoms with Crippen LogP contribution in [0.4, 0.5) is 26.3 Å². The minimum atomic E-state index is -4.68. The normalized spacial score (nSPS) is 12.1. The highest BCUT2D eigenvalue weighted by atomic mass is 19.4. The van der Waals surface area contributed by atoms with Crippen LogP contribution in [0.25, 0.3) is 11.3 Å². The number of rotatable bonds is 6. The van der Waals surface area contributed by atoms with E-state index in [4.69, 9.17) is 10.8 Å². The SMILES string of the molecule is CCOC(F)(F)C(=N)n1cc(-c2cnc(OCC(F)(F)F)c(F)c2)ncc1=N. The van der Waals surface area contributed by atoms with Crippen LogP contribution < -0.4 is 10.2 Å². The second kappa shape index (κ2) is 7.96. The lowest BCUT2D eigenvalue weighted by atomic mass is 10.2. The van der Waals surface area contributed by atoms with Gasteiger partial charge in [-0.25, -0.2) is 9.37 Å². The zero-order valence-corrected chi connectivity index (χ0v) is 14.1. The van der Waals surface area contributed by atoms with Crippen LogP contribution in [0.5, 0.6) is 5.88 Å². The van der Waals surface area contributed by atoms with Gasteiger partial charge in [-0.3, -0.25) is 20.4 Å². The molecule has 2 aromatic heterocycles. The fraction of sp³-hybridized carbons (Fsp3) is 0.333. The van der Waals surface area contributed by atoms with E-state index in [0.717, 1.165) is 24.7 Å². The van der Waals surface area contributed by atoms with Gasteiger partial charge in [0.1, 0.15) is 5.49 Å². The largest absolute Gasteiger partial charge is 0.466 e. The van der Waals surface area contributed by atoms with Crippen molar-refractivity contribution in [3.8, 4) is 17.1 Å². The number of nitrogens with one attached hydrogen (secondary N) is 2. The molecule has 0 saturated heterocycles. The van der Waals surface area contributed by atoms with Gasteiger partial charge in [0.2, 0.25) is 5.84 Å². The maximum atomic E-state index is 13.9. The van der Waals surface area contributed by atoms with E-state index in [1.165, 1.54) is 6.92 Å². The van der Waals surface area contributed by atoms with Gasteiger partial charge < -0.3 is 9.47 Å². The Morgan fingerprint density at radius 1 is 1.18 bits per heavy atom. The first-order valence-electron chi connectivity index (χ1n) is 7.54. The topological polar surface area (TPSA) is 96.9 Å². The van der Waals surface area contributed by atoms with E-state index in [-0.39, 0.29) is 11.3 Å². The van der Waals surface area contributed by atoms with Crippen molar-refractivity contribution in [3.63, 3.8) is 0 Å². The average molecular weight is 409 g/mol. The van der Waals surface area contributed by atoms with Crippen LogP contribution in [0.1, 0.15) is 6.92 Å². The van der Waals surface area contributed by atoms with E-state index in [2.05, 4.69) is 19.4 Å². The maximum absolute atomic E-state index is 13.9. The number of hydrogen-bond acceptors (Lipinski definition) is 6. The van der Waals surface area contributed by atoms with Gasteiger partial charge in [-0.05, 0) is 13.0 Å². The van der Waals surface area contributed by atoms with Crippen LogP contribution in [0.3, 0.4) is 0 Å². The number of halogens is 6. The lowest BCUT2D eigenvalue weighted by molar-refractivity contribution is -0.182. The van der Waals surface area contributed by atoms with Gasteiger partial charge in [0.25, 0.3) is 5.88 Å². The van der Waals surface area contributed by atoms with Crippen molar-refractivity contribution in [1.29, 1.82) is 10.8 Å². The van der Waals surface area contributed by atoms with Crippen LogP contribution in [-0.4, -0.2) is 45.9 Å². The third-order valence-corrected chi connectivity index (χ3v) is 3.15. The second-order valence-electron chi connectivity index (χ2n) is 5.24. The van der Waals surface area contributed by atoms with Gasteiger partial charge in [-0.15, -0.1) is 0 Å². The van der Waals surface area contributed by atoms with Crippen molar-refractivity contribution in [2.45, 2.75) is 19.2 Å². The summed E-state index contributed by atoms with van der Waals surface area (Å²) in [4.78, 5) is 7.17. The van der Waals surface area contributed by atoms with Crippen molar-refractivity contribution in [3.05, 3.63) is 36.0 Å². The first-order chi connectivity index (χ1) is 12.9. The molecule has 2 rings (SSSR count). The quantitative estimate of drug-likeness (QED) is 0.436. The molecule has 0 atom stereocenters. The minimum absolute atomic E-state index is 0.0989. The van der Waals surface area contributed by atoms with Crippen LogP contribution in [0.2, 0.25) is 0 Å². The molecule has 7 nitrogen and oxygen atoms in total. The van der Waals surface area contributed by atoms with Gasteiger partial charge in [-0.1, -0.05) is 0 Å². The first-order valence-corrected chi connectivity index (χ1v) is 7.54. The Morgan fingerprint density at radius 2 is 1.86 bits per heavy atom. The fourth-order valence-electron chi connectivity index (χ4n) is 1.96. The summed E-state index contributed by atoms with van der Waals surface area (Å²) in [5.41, 5.74) is -0.841. The summed E-state index contributed by atoms with van der Waals surface area (Å²) in [6.45, 7) is -0.843. The summed E-state index contributed by atoms with van der Waals surface area (Å²) >= 11 is 0. The van der Waals surface area contributed by atoms with Gasteiger partial charge in [0.05, 0.1) is 18.5 Å². The van der Waals surface area contributed by atoms with E-state index in [1.807, 2.05) is 0 Å². The third kappa shape index (κ3) is 5.06. The van der Waals surface area contributed by atoms with Gasteiger partial charge in [0, 0.05) is 18.0 Å². The van der Waals surface area contributed by atoms with Crippen LogP contribution in [-0.2, 0) is 4.74 Å². The Balaban J connectivity index is 2.35. The van der Waals surface area contributed by atoms with Crippen molar-refractivity contribution >= 4 is 5.84 Å². The van der Waals surface area contributed by atoms with Gasteiger partial charge in [0.15, 0.2) is 12.4 Å². The molecule has 0 amide bonds. The first kappa shape index (κ1) is 21.3. The highest BCUT2D eigenvalue weighted by Crippen LogP contribution is 2.24. The number of pyridine rings is 1. The molecule has 0 aliphatic heterocycles. The molecule has 2 heterocycles. The fourth-order valence-corrected chi connectivity index (χ4v) is 1.96. The highest BCUT2D eigenvalue weighted by Gasteiger charge is 2.37. The average Bonchev–Trinajstić information content (AvgIpc) is 2.59. The molecule has 0 bridgehead atoms. The Labute approximate surface area is 153 Å². The maximum Gasteiger partial charge on any atom is 0.422 e. The zero-order chi connectivity index (χ0) is 21.1. The molecule has 0 unspecified atom stereocenters. The minimum Gasteiger partial charge on any atom is -0.466 e. The van der Waals surface area contributed by atoms with Gasteiger partial charge in [-0.2, -0.15) is 22.0 Å². The number of nitrogens with zero attached hydrogens (tertiary/aromatic N) is 3. The summed E-state index contributed by atoms with van der Waals surface area (Å²) in [7, 11) is 0. The Morgan fingerprint density at radius 3 is 2.43 bits per heavy atom. The molecular weight excluding hydrogens is 396 g/mol. The summed E-state index contributed by atoms with van der Waals surface area (Å²) in [5, 5.41) is 15.2. The van der Waals surface area contributed by atoms with E-state index < -0.39 is 48.5 Å². The molecule has 28 heavy (non-hydrogen) atoms. The smallest absolute Gasteiger partial charge is 0.422 e. The standard InChI is InChI=1S/C15H13F6N5O2/c1-2-28-15(20,21)13(23)26-6-10(24-5-11(26)22)8-3-9(16)12(25-4-8)27-7-14(17,18)19/h3-6,22-23H,2,7H2,1H3. The summed E-state index contributed by atoms with van der Waals surface area (Å²) in [5.74, 6) is -3.51. The second-order valence-corrected chi connectivity index (χ2v) is 5.24. The van der Waals surface area contributed by atoms with E-state index >= 15 is 0 Å². The van der Waals surface area contributed by atoms with Crippen molar-refractivity contribution in [1.82, 2.24) is 14.5 Å². The third-order valence-electron chi connectivity index (χ3n) is 3.15. The number of aromatic nitrogens is 3. The molecule has 2 aromatic rings. The molecular formula is C15H13F6N5O2. The van der Waals surface area contributed by atoms with E-state index in [9.17, 15) is 26.3 Å². The Hall–Kier alpha value is -2.96. The monoisotopic (exact) mass is 409 g/mol. The highest BCUT2D eigenvalue weighted by molar-refractivity contribution is 5.87. The number of ether oxygens (including phenoxy) is 2. The molecule has 0 aliphatic rings. The predicted octanol–water partition coefficient (Wildman–Crippen LogP) is 2.96. The number of hydrogen-bond donors (Lipinski definition) is 2. The number of alkyl halides is 5. The Kier molecular flexibility index (Phi) is 6.07. The van der Waals surface area contributed by atoms with E-state index in [0.29, 0.717) is 4.57 Å². The molecule has 0 radical (unpaired) electrons. The molecule has 152 valence electrons. The molecule has 0 aromatic carbocycles.